The van der Waals surface area contributed by atoms with Gasteiger partial charge < -0.3 is 14.2 Å². The zero-order valence-electron chi connectivity index (χ0n) is 53.9. The molecular formula is C74H136O6. The number of carbonyl (C=O) groups excluding carboxylic acids is 3. The third kappa shape index (κ3) is 66.2. The molecule has 0 aromatic heterocycles. The molecule has 0 heterocycles. The zero-order chi connectivity index (χ0) is 57.8. The highest BCUT2D eigenvalue weighted by molar-refractivity contribution is 5.71. The van der Waals surface area contributed by atoms with Gasteiger partial charge >= 0.3 is 17.9 Å². The first kappa shape index (κ1) is 77.4. The predicted octanol–water partition coefficient (Wildman–Crippen LogP) is 24.5. The van der Waals surface area contributed by atoms with Crippen molar-refractivity contribution in [2.45, 2.75) is 393 Å². The van der Waals surface area contributed by atoms with Gasteiger partial charge in [0.25, 0.3) is 0 Å². The SMILES string of the molecule is CCCCCCC/C=C\C/C=C\C/C=C\CCCCCCCCC(=O)OC(COC(=O)CCCCCCCCCCCCC/C=C\CCCCCCCCCC)COC(=O)CCCCCCCCCCCCCCCCCCCC. The fourth-order valence-electron chi connectivity index (χ4n) is 10.7. The number of hydrogen-bond acceptors (Lipinski definition) is 6. The summed E-state index contributed by atoms with van der Waals surface area (Å²) < 4.78 is 17.0. The molecule has 0 amide bonds. The lowest BCUT2D eigenvalue weighted by atomic mass is 10.0. The van der Waals surface area contributed by atoms with Crippen LogP contribution in [0.25, 0.3) is 0 Å². The summed E-state index contributed by atoms with van der Waals surface area (Å²) in [5, 5.41) is 0. The second kappa shape index (κ2) is 68.9. The highest BCUT2D eigenvalue weighted by Gasteiger charge is 2.19. The highest BCUT2D eigenvalue weighted by Crippen LogP contribution is 2.18. The Bertz CT molecular complexity index is 1380. The van der Waals surface area contributed by atoms with Gasteiger partial charge in [0.15, 0.2) is 6.10 Å². The van der Waals surface area contributed by atoms with Gasteiger partial charge in [-0.15, -0.1) is 0 Å². The summed E-state index contributed by atoms with van der Waals surface area (Å²) in [6.45, 7) is 6.69. The molecule has 6 nitrogen and oxygen atoms in total. The van der Waals surface area contributed by atoms with Gasteiger partial charge in [-0.2, -0.15) is 0 Å². The first-order valence-electron chi connectivity index (χ1n) is 35.6. The Kier molecular flexibility index (Phi) is 66.6. The summed E-state index contributed by atoms with van der Waals surface area (Å²) in [5.41, 5.74) is 0. The van der Waals surface area contributed by atoms with Gasteiger partial charge in [0.05, 0.1) is 0 Å². The molecule has 0 bridgehead atoms. The summed E-state index contributed by atoms with van der Waals surface area (Å²) in [7, 11) is 0. The van der Waals surface area contributed by atoms with Gasteiger partial charge in [0, 0.05) is 19.3 Å². The van der Waals surface area contributed by atoms with Gasteiger partial charge in [0.2, 0.25) is 0 Å². The molecule has 0 fully saturated rings. The Labute approximate surface area is 498 Å². The molecule has 0 aliphatic heterocycles. The molecule has 1 atom stereocenters. The van der Waals surface area contributed by atoms with Gasteiger partial charge in [-0.05, 0) is 83.5 Å². The van der Waals surface area contributed by atoms with Gasteiger partial charge in [0.1, 0.15) is 13.2 Å². The minimum absolute atomic E-state index is 0.0743. The number of hydrogen-bond donors (Lipinski definition) is 0. The Morgan fingerprint density at radius 2 is 0.450 bits per heavy atom. The lowest BCUT2D eigenvalue weighted by Gasteiger charge is -2.18. The largest absolute Gasteiger partial charge is 0.462 e. The molecule has 0 radical (unpaired) electrons. The number of ether oxygens (including phenoxy) is 3. The van der Waals surface area contributed by atoms with Crippen molar-refractivity contribution in [3.05, 3.63) is 48.6 Å². The Morgan fingerprint density at radius 1 is 0.250 bits per heavy atom. The maximum Gasteiger partial charge on any atom is 0.306 e. The van der Waals surface area contributed by atoms with E-state index in [4.69, 9.17) is 14.2 Å². The van der Waals surface area contributed by atoms with E-state index >= 15 is 0 Å². The van der Waals surface area contributed by atoms with Crippen molar-refractivity contribution in [1.82, 2.24) is 0 Å². The van der Waals surface area contributed by atoms with E-state index in [0.717, 1.165) is 77.0 Å². The molecular weight excluding hydrogens is 985 g/mol. The van der Waals surface area contributed by atoms with E-state index in [1.165, 1.54) is 270 Å². The maximum atomic E-state index is 13.0. The molecule has 0 aromatic rings. The van der Waals surface area contributed by atoms with Gasteiger partial charge in [-0.3, -0.25) is 14.4 Å². The molecule has 0 aliphatic rings. The molecule has 1 unspecified atom stereocenters. The Balaban J connectivity index is 4.35. The second-order valence-corrected chi connectivity index (χ2v) is 24.1. The van der Waals surface area contributed by atoms with E-state index in [2.05, 4.69) is 69.4 Å². The van der Waals surface area contributed by atoms with Gasteiger partial charge in [-0.1, -0.05) is 333 Å². The lowest BCUT2D eigenvalue weighted by Crippen LogP contribution is -2.30. The normalized spacial score (nSPS) is 12.3. The van der Waals surface area contributed by atoms with Crippen molar-refractivity contribution in [3.63, 3.8) is 0 Å². The summed E-state index contributed by atoms with van der Waals surface area (Å²) in [5.74, 6) is -0.860. The van der Waals surface area contributed by atoms with E-state index in [1.807, 2.05) is 0 Å². The van der Waals surface area contributed by atoms with Gasteiger partial charge in [-0.25, -0.2) is 0 Å². The van der Waals surface area contributed by atoms with Crippen LogP contribution in [-0.2, 0) is 28.6 Å². The van der Waals surface area contributed by atoms with Crippen molar-refractivity contribution in [2.24, 2.45) is 0 Å². The Morgan fingerprint density at radius 3 is 0.713 bits per heavy atom. The number of carbonyl (C=O) groups is 3. The molecule has 468 valence electrons. The van der Waals surface area contributed by atoms with Crippen molar-refractivity contribution >= 4 is 17.9 Å². The molecule has 0 rings (SSSR count). The maximum absolute atomic E-state index is 13.0. The van der Waals surface area contributed by atoms with Crippen molar-refractivity contribution in [3.8, 4) is 0 Å². The molecule has 0 saturated heterocycles. The van der Waals surface area contributed by atoms with Crippen LogP contribution in [0.1, 0.15) is 387 Å². The van der Waals surface area contributed by atoms with Crippen LogP contribution >= 0.6 is 0 Å². The van der Waals surface area contributed by atoms with E-state index in [-0.39, 0.29) is 31.1 Å². The minimum Gasteiger partial charge on any atom is -0.462 e. The highest BCUT2D eigenvalue weighted by atomic mass is 16.6. The van der Waals surface area contributed by atoms with E-state index in [1.54, 1.807) is 0 Å². The van der Waals surface area contributed by atoms with Crippen LogP contribution in [0, 0.1) is 0 Å². The summed E-state index contributed by atoms with van der Waals surface area (Å²) >= 11 is 0. The fourth-order valence-corrected chi connectivity index (χ4v) is 10.7. The summed E-state index contributed by atoms with van der Waals surface area (Å²) in [6, 6.07) is 0. The number of unbranched alkanes of at least 4 members (excludes halogenated alkanes) is 47. The van der Waals surface area contributed by atoms with E-state index in [0.29, 0.717) is 19.3 Å². The summed E-state index contributed by atoms with van der Waals surface area (Å²) in [4.78, 5) is 38.5. The van der Waals surface area contributed by atoms with E-state index in [9.17, 15) is 14.4 Å². The first-order valence-corrected chi connectivity index (χ1v) is 35.6. The van der Waals surface area contributed by atoms with E-state index < -0.39 is 6.10 Å². The summed E-state index contributed by atoms with van der Waals surface area (Å²) in [6.07, 6.45) is 87.0. The molecule has 0 N–H and O–H groups in total. The molecule has 0 aliphatic carbocycles. The van der Waals surface area contributed by atoms with Crippen molar-refractivity contribution in [2.75, 3.05) is 13.2 Å². The van der Waals surface area contributed by atoms with Crippen LogP contribution in [0.3, 0.4) is 0 Å². The van der Waals surface area contributed by atoms with Crippen LogP contribution in [0.5, 0.6) is 0 Å². The van der Waals surface area contributed by atoms with Crippen molar-refractivity contribution < 1.29 is 28.6 Å². The molecule has 6 heteroatoms. The quantitative estimate of drug-likeness (QED) is 0.0261. The van der Waals surface area contributed by atoms with Crippen LogP contribution in [0.2, 0.25) is 0 Å². The number of rotatable bonds is 66. The molecule has 0 saturated carbocycles. The van der Waals surface area contributed by atoms with Crippen molar-refractivity contribution in [1.29, 1.82) is 0 Å². The first-order chi connectivity index (χ1) is 39.5. The average molecular weight is 1120 g/mol. The van der Waals surface area contributed by atoms with Crippen LogP contribution in [0.4, 0.5) is 0 Å². The van der Waals surface area contributed by atoms with Crippen LogP contribution in [-0.4, -0.2) is 37.2 Å². The Hall–Kier alpha value is -2.63. The number of allylic oxidation sites excluding steroid dienone is 8. The lowest BCUT2D eigenvalue weighted by molar-refractivity contribution is -0.167. The third-order valence-corrected chi connectivity index (χ3v) is 16.1. The van der Waals surface area contributed by atoms with Crippen LogP contribution in [0.15, 0.2) is 48.6 Å². The monoisotopic (exact) mass is 1120 g/mol. The molecule has 80 heavy (non-hydrogen) atoms. The second-order valence-electron chi connectivity index (χ2n) is 24.1. The number of esters is 3. The standard InChI is InChI=1S/C74H136O6/c1-4-7-10-13-16-19-22-25-28-31-34-36-37-39-40-43-46-49-52-55-58-61-64-67-73(76)79-70-71(69-78-72(75)66-63-60-57-54-51-48-45-42-33-30-27-24-21-18-15-12-9-6-3)80-74(77)68-65-62-59-56-53-50-47-44-41-38-35-32-29-26-23-20-17-14-11-8-5-2/h23,26,31-32,34-35,41,44,71H,4-22,24-25,27-30,33,36-40,42-43,45-70H2,1-3H3/b26-23-,34-31-,35-32-,44-41-. The topological polar surface area (TPSA) is 78.9 Å². The molecule has 0 spiro atoms. The predicted molar refractivity (Wildman–Crippen MR) is 349 cm³/mol. The smallest absolute Gasteiger partial charge is 0.306 e. The fraction of sp³-hybridized carbons (Fsp3) is 0.851. The minimum atomic E-state index is -0.780. The average Bonchev–Trinajstić information content (AvgIpc) is 3.46. The van der Waals surface area contributed by atoms with Crippen LogP contribution < -0.4 is 0 Å². The zero-order valence-corrected chi connectivity index (χ0v) is 53.9. The molecule has 0 aromatic carbocycles. The third-order valence-electron chi connectivity index (χ3n) is 16.1.